The molecule has 0 fully saturated rings. The van der Waals surface area contributed by atoms with E-state index in [9.17, 15) is 8.42 Å². The summed E-state index contributed by atoms with van der Waals surface area (Å²) in [6.45, 7) is 0.298. The summed E-state index contributed by atoms with van der Waals surface area (Å²) in [5.41, 5.74) is 0. The Hall–Kier alpha value is -1.02. The van der Waals surface area contributed by atoms with Crippen molar-refractivity contribution in [1.29, 1.82) is 0 Å². The quantitative estimate of drug-likeness (QED) is 0.788. The van der Waals surface area contributed by atoms with E-state index in [0.29, 0.717) is 11.4 Å². The fourth-order valence-electron chi connectivity index (χ4n) is 1.50. The molecule has 1 aromatic carbocycles. The molecule has 0 aliphatic carbocycles. The van der Waals surface area contributed by atoms with E-state index in [1.807, 2.05) is 0 Å². The number of rotatable bonds is 4. The maximum Gasteiger partial charge on any atom is 0.243 e. The second-order valence-electron chi connectivity index (χ2n) is 3.87. The third-order valence-corrected chi connectivity index (χ3v) is 4.99. The molecule has 0 saturated carbocycles. The largest absolute Gasteiger partial charge is 0.250 e. The number of sulfonamides is 1. The van der Waals surface area contributed by atoms with Gasteiger partial charge in [-0.25, -0.2) is 8.42 Å². The highest BCUT2D eigenvalue weighted by Gasteiger charge is 2.23. The first kappa shape index (κ1) is 13.4. The van der Waals surface area contributed by atoms with E-state index in [-0.39, 0.29) is 0 Å². The van der Waals surface area contributed by atoms with Crippen molar-refractivity contribution in [3.05, 3.63) is 41.4 Å². The number of nitrogens with zero attached hydrogens (tertiary/aromatic N) is 2. The Morgan fingerprint density at radius 3 is 2.56 bits per heavy atom. The predicted molar refractivity (Wildman–Crippen MR) is 70.8 cm³/mol. The van der Waals surface area contributed by atoms with Crippen LogP contribution in [0.5, 0.6) is 0 Å². The molecule has 0 unspecified atom stereocenters. The summed E-state index contributed by atoms with van der Waals surface area (Å²) in [4.78, 5) is 1.14. The summed E-state index contributed by atoms with van der Waals surface area (Å²) >= 11 is 1.17. The van der Waals surface area contributed by atoms with Gasteiger partial charge in [-0.05, 0) is 12.1 Å². The standard InChI is InChI=1S/C11H14N2O3S2/c1-12-8-10(17-16-12)9-13(2)18(14,15)11-6-4-3-5-7-11/h3-8H,9H2,1-2H3. The molecule has 0 amide bonds. The van der Waals surface area contributed by atoms with E-state index in [2.05, 4.69) is 0 Å². The highest BCUT2D eigenvalue weighted by Crippen LogP contribution is 2.27. The van der Waals surface area contributed by atoms with Crippen molar-refractivity contribution in [2.45, 2.75) is 4.90 Å². The molecule has 1 aromatic rings. The van der Waals surface area contributed by atoms with Crippen LogP contribution >= 0.6 is 12.0 Å². The highest BCUT2D eigenvalue weighted by atomic mass is 32.2. The average Bonchev–Trinajstić information content (AvgIpc) is 2.76. The number of benzene rings is 1. The number of hydrogen-bond donors (Lipinski definition) is 0. The maximum atomic E-state index is 12.2. The molecule has 1 heterocycles. The molecule has 5 nitrogen and oxygen atoms in total. The molecule has 1 aliphatic heterocycles. The Labute approximate surface area is 111 Å². The van der Waals surface area contributed by atoms with Crippen molar-refractivity contribution in [1.82, 2.24) is 9.37 Å². The van der Waals surface area contributed by atoms with Crippen LogP contribution in [0.4, 0.5) is 0 Å². The van der Waals surface area contributed by atoms with Crippen LogP contribution < -0.4 is 0 Å². The van der Waals surface area contributed by atoms with Crippen molar-refractivity contribution >= 4 is 22.1 Å². The monoisotopic (exact) mass is 286 g/mol. The first-order valence-electron chi connectivity index (χ1n) is 5.30. The summed E-state index contributed by atoms with van der Waals surface area (Å²) in [7, 11) is -0.126. The van der Waals surface area contributed by atoms with Gasteiger partial charge >= 0.3 is 0 Å². The van der Waals surface area contributed by atoms with Crippen LogP contribution in [0.25, 0.3) is 0 Å². The maximum absolute atomic E-state index is 12.2. The Morgan fingerprint density at radius 2 is 2.00 bits per heavy atom. The van der Waals surface area contributed by atoms with Gasteiger partial charge in [0.05, 0.1) is 16.9 Å². The van der Waals surface area contributed by atoms with Crippen molar-refractivity contribution in [3.63, 3.8) is 0 Å². The van der Waals surface area contributed by atoms with Gasteiger partial charge in [-0.15, -0.1) is 0 Å². The van der Waals surface area contributed by atoms with Crippen molar-refractivity contribution in [2.75, 3.05) is 20.6 Å². The lowest BCUT2D eigenvalue weighted by Crippen LogP contribution is -2.28. The third-order valence-electron chi connectivity index (χ3n) is 2.42. The summed E-state index contributed by atoms with van der Waals surface area (Å²) in [6.07, 6.45) is 1.77. The van der Waals surface area contributed by atoms with Crippen LogP contribution in [-0.2, 0) is 14.3 Å². The summed E-state index contributed by atoms with van der Waals surface area (Å²) in [5.74, 6) is 0. The lowest BCUT2D eigenvalue weighted by atomic mass is 10.4. The Balaban J connectivity index is 2.14. The van der Waals surface area contributed by atoms with Gasteiger partial charge in [0.25, 0.3) is 0 Å². The molecule has 0 bridgehead atoms. The van der Waals surface area contributed by atoms with Crippen LogP contribution in [0.2, 0.25) is 0 Å². The number of hydroxylamine groups is 2. The molecule has 0 saturated heterocycles. The Bertz CT molecular complexity index is 543. The highest BCUT2D eigenvalue weighted by molar-refractivity contribution is 7.98. The molecule has 1 aliphatic rings. The SMILES string of the molecule is CN1C=C(CN(C)S(=O)(=O)c2ccccc2)SO1. The fraction of sp³-hybridized carbons (Fsp3) is 0.273. The third kappa shape index (κ3) is 2.86. The second kappa shape index (κ2) is 5.31. The lowest BCUT2D eigenvalue weighted by molar-refractivity contribution is 0.0591. The van der Waals surface area contributed by atoms with E-state index in [1.54, 1.807) is 55.7 Å². The minimum Gasteiger partial charge on any atom is -0.250 e. The van der Waals surface area contributed by atoms with E-state index in [1.165, 1.54) is 16.3 Å². The molecule has 0 radical (unpaired) electrons. The average molecular weight is 286 g/mol. The minimum absolute atomic E-state index is 0.297. The van der Waals surface area contributed by atoms with Crippen LogP contribution in [0.1, 0.15) is 0 Å². The molecule has 0 N–H and O–H groups in total. The first-order chi connectivity index (χ1) is 8.50. The summed E-state index contributed by atoms with van der Waals surface area (Å²) in [5, 5.41) is 1.54. The summed E-state index contributed by atoms with van der Waals surface area (Å²) < 4.78 is 30.9. The normalized spacial score (nSPS) is 16.2. The van der Waals surface area contributed by atoms with E-state index < -0.39 is 10.0 Å². The van der Waals surface area contributed by atoms with Crippen LogP contribution in [0.3, 0.4) is 0 Å². The minimum atomic E-state index is -3.44. The molecule has 0 aromatic heterocycles. The van der Waals surface area contributed by atoms with Crippen molar-refractivity contribution in [2.24, 2.45) is 0 Å². The van der Waals surface area contributed by atoms with Gasteiger partial charge in [0.1, 0.15) is 0 Å². The van der Waals surface area contributed by atoms with Gasteiger partial charge in [0, 0.05) is 31.7 Å². The Kier molecular flexibility index (Phi) is 3.96. The van der Waals surface area contributed by atoms with Gasteiger partial charge in [0.2, 0.25) is 10.0 Å². The van der Waals surface area contributed by atoms with Gasteiger partial charge in [0.15, 0.2) is 0 Å². The lowest BCUT2D eigenvalue weighted by Gasteiger charge is -2.16. The second-order valence-corrected chi connectivity index (χ2v) is 6.76. The zero-order valence-electron chi connectivity index (χ0n) is 10.1. The predicted octanol–water partition coefficient (Wildman–Crippen LogP) is 1.67. The molecule has 0 atom stereocenters. The first-order valence-corrected chi connectivity index (χ1v) is 7.48. The van der Waals surface area contributed by atoms with Gasteiger partial charge < -0.3 is 0 Å². The van der Waals surface area contributed by atoms with Crippen LogP contribution in [0, 0.1) is 0 Å². The molecular weight excluding hydrogens is 272 g/mol. The topological polar surface area (TPSA) is 49.9 Å². The molecule has 18 heavy (non-hydrogen) atoms. The van der Waals surface area contributed by atoms with Gasteiger partial charge in [-0.3, -0.25) is 5.06 Å². The molecule has 0 spiro atoms. The van der Waals surface area contributed by atoms with Gasteiger partial charge in [-0.1, -0.05) is 18.2 Å². The fourth-order valence-corrected chi connectivity index (χ4v) is 3.44. The van der Waals surface area contributed by atoms with E-state index in [4.69, 9.17) is 4.28 Å². The zero-order chi connectivity index (χ0) is 13.2. The number of likely N-dealkylation sites (N-methyl/N-ethyl adjacent to an activating group) is 1. The van der Waals surface area contributed by atoms with E-state index >= 15 is 0 Å². The van der Waals surface area contributed by atoms with Crippen molar-refractivity contribution < 1.29 is 12.7 Å². The van der Waals surface area contributed by atoms with Gasteiger partial charge in [-0.2, -0.15) is 8.59 Å². The smallest absolute Gasteiger partial charge is 0.243 e. The molecule has 7 heteroatoms. The zero-order valence-corrected chi connectivity index (χ0v) is 11.7. The van der Waals surface area contributed by atoms with Crippen molar-refractivity contribution in [3.8, 4) is 0 Å². The molecule has 98 valence electrons. The van der Waals surface area contributed by atoms with Crippen LogP contribution in [-0.4, -0.2) is 38.4 Å². The molecular formula is C11H14N2O3S2. The Morgan fingerprint density at radius 1 is 1.33 bits per heavy atom. The number of hydrogen-bond acceptors (Lipinski definition) is 5. The van der Waals surface area contributed by atoms with E-state index in [0.717, 1.165) is 4.91 Å². The van der Waals surface area contributed by atoms with Crippen LogP contribution in [0.15, 0.2) is 46.3 Å². The summed E-state index contributed by atoms with van der Waals surface area (Å²) in [6, 6.07) is 8.38. The molecule has 2 rings (SSSR count).